The number of aliphatic carboxylic acids is 1. The van der Waals surface area contributed by atoms with Crippen LogP contribution >= 0.6 is 0 Å². The molecule has 0 amide bonds. The first-order valence-corrected chi connectivity index (χ1v) is 7.87. The summed E-state index contributed by atoms with van der Waals surface area (Å²) in [7, 11) is 0. The molecule has 0 radical (unpaired) electrons. The fraction of sp³-hybridized carbons (Fsp3) is 0.526. The lowest BCUT2D eigenvalue weighted by Crippen LogP contribution is -2.32. The highest BCUT2D eigenvalue weighted by molar-refractivity contribution is 5.85. The zero-order valence-corrected chi connectivity index (χ0v) is 14.9. The minimum Gasteiger partial charge on any atom is -0.478 e. The molecule has 0 aromatic heterocycles. The number of carboxylic acids is 1. The van der Waals surface area contributed by atoms with E-state index in [1.54, 1.807) is 13.0 Å². The van der Waals surface area contributed by atoms with Crippen molar-refractivity contribution in [3.8, 4) is 0 Å². The van der Waals surface area contributed by atoms with Gasteiger partial charge in [0.1, 0.15) is 5.60 Å². The maximum Gasteiger partial charge on any atom is 0.330 e. The van der Waals surface area contributed by atoms with Crippen LogP contribution in [0.3, 0.4) is 0 Å². The average Bonchev–Trinajstić information content (AvgIpc) is 2.45. The van der Waals surface area contributed by atoms with Crippen LogP contribution in [-0.2, 0) is 20.2 Å². The summed E-state index contributed by atoms with van der Waals surface area (Å²) in [5, 5.41) is 8.94. The van der Waals surface area contributed by atoms with Crippen molar-refractivity contribution < 1.29 is 19.7 Å². The first-order chi connectivity index (χ1) is 10.5. The van der Waals surface area contributed by atoms with Crippen molar-refractivity contribution in [2.24, 2.45) is 5.92 Å². The van der Waals surface area contributed by atoms with Gasteiger partial charge in [0.25, 0.3) is 0 Å². The summed E-state index contributed by atoms with van der Waals surface area (Å²) in [6.07, 6.45) is 2.40. The summed E-state index contributed by atoms with van der Waals surface area (Å²) in [6, 6.07) is 9.89. The van der Waals surface area contributed by atoms with E-state index in [0.717, 1.165) is 5.56 Å². The van der Waals surface area contributed by atoms with Crippen molar-refractivity contribution >= 4 is 5.97 Å². The molecule has 23 heavy (non-hydrogen) atoms. The Morgan fingerprint density at radius 1 is 1.17 bits per heavy atom. The van der Waals surface area contributed by atoms with E-state index in [0.29, 0.717) is 12.0 Å². The second-order valence-electron chi connectivity index (χ2n) is 7.14. The van der Waals surface area contributed by atoms with Crippen LogP contribution in [0.5, 0.6) is 0 Å². The molecule has 4 heteroatoms. The summed E-state index contributed by atoms with van der Waals surface area (Å²) in [4.78, 5) is 22.3. The molecular formula is C19H28O4. The van der Waals surface area contributed by atoms with Crippen molar-refractivity contribution in [1.82, 2.24) is 0 Å². The average molecular weight is 320 g/mol. The highest BCUT2D eigenvalue weighted by Crippen LogP contribution is 2.29. The lowest BCUT2D eigenvalue weighted by molar-refractivity contribution is -0.407. The normalized spacial score (nSPS) is 14.6. The summed E-state index contributed by atoms with van der Waals surface area (Å²) >= 11 is 0. The highest BCUT2D eigenvalue weighted by Gasteiger charge is 2.29. The lowest BCUT2D eigenvalue weighted by atomic mass is 9.93. The van der Waals surface area contributed by atoms with E-state index >= 15 is 0 Å². The van der Waals surface area contributed by atoms with Crippen LogP contribution in [0.2, 0.25) is 0 Å². The van der Waals surface area contributed by atoms with Crippen LogP contribution in [0.25, 0.3) is 0 Å². The van der Waals surface area contributed by atoms with E-state index in [2.05, 4.69) is 0 Å². The molecule has 1 N–H and O–H groups in total. The van der Waals surface area contributed by atoms with Gasteiger partial charge in [-0.05, 0) is 52.5 Å². The molecule has 0 aliphatic heterocycles. The molecule has 4 nitrogen and oxygen atoms in total. The predicted octanol–water partition coefficient (Wildman–Crippen LogP) is 4.71. The molecule has 0 saturated carbocycles. The first-order valence-electron chi connectivity index (χ1n) is 7.87. The first kappa shape index (κ1) is 19.4. The number of benzene rings is 1. The molecular weight excluding hydrogens is 292 g/mol. The zero-order valence-electron chi connectivity index (χ0n) is 14.9. The molecule has 128 valence electrons. The Morgan fingerprint density at radius 3 is 2.26 bits per heavy atom. The van der Waals surface area contributed by atoms with E-state index in [-0.39, 0.29) is 5.92 Å². The molecule has 0 aliphatic carbocycles. The maximum absolute atomic E-state index is 10.9. The smallest absolute Gasteiger partial charge is 0.330 e. The van der Waals surface area contributed by atoms with Gasteiger partial charge in [0.05, 0.1) is 5.60 Å². The Kier molecular flexibility index (Phi) is 6.54. The van der Waals surface area contributed by atoms with Gasteiger partial charge < -0.3 is 5.11 Å². The summed E-state index contributed by atoms with van der Waals surface area (Å²) in [6.45, 7) is 11.4. The minimum atomic E-state index is -0.892. The van der Waals surface area contributed by atoms with Crippen LogP contribution in [0.15, 0.2) is 42.0 Å². The fourth-order valence-corrected chi connectivity index (χ4v) is 2.47. The fourth-order valence-electron chi connectivity index (χ4n) is 2.47. The van der Waals surface area contributed by atoms with Crippen molar-refractivity contribution in [2.75, 3.05) is 0 Å². The van der Waals surface area contributed by atoms with Crippen LogP contribution in [0, 0.1) is 5.92 Å². The van der Waals surface area contributed by atoms with Crippen molar-refractivity contribution in [1.29, 1.82) is 0 Å². The van der Waals surface area contributed by atoms with E-state index in [9.17, 15) is 4.79 Å². The number of carboxylic acid groups (broad SMARTS) is 1. The topological polar surface area (TPSA) is 55.8 Å². The van der Waals surface area contributed by atoms with Crippen molar-refractivity contribution in [3.05, 3.63) is 47.5 Å². The quantitative estimate of drug-likeness (QED) is 0.428. The number of rotatable bonds is 8. The number of carbonyl (C=O) groups is 1. The number of hydrogen-bond acceptors (Lipinski definition) is 3. The summed E-state index contributed by atoms with van der Waals surface area (Å²) in [5.41, 5.74) is 0.291. The largest absolute Gasteiger partial charge is 0.478 e. The van der Waals surface area contributed by atoms with E-state index in [4.69, 9.17) is 14.9 Å². The molecule has 0 aliphatic rings. The number of allylic oxidation sites excluding steroid dienone is 1. The monoisotopic (exact) mass is 320 g/mol. The van der Waals surface area contributed by atoms with Gasteiger partial charge in [0.2, 0.25) is 0 Å². The van der Waals surface area contributed by atoms with Crippen molar-refractivity contribution in [3.63, 3.8) is 0 Å². The van der Waals surface area contributed by atoms with E-state index in [1.807, 2.05) is 65.0 Å². The van der Waals surface area contributed by atoms with Crippen LogP contribution < -0.4 is 0 Å². The van der Waals surface area contributed by atoms with Crippen molar-refractivity contribution in [2.45, 2.75) is 59.2 Å². The van der Waals surface area contributed by atoms with Gasteiger partial charge in [0.15, 0.2) is 0 Å². The molecule has 0 saturated heterocycles. The van der Waals surface area contributed by atoms with E-state index < -0.39 is 17.2 Å². The lowest BCUT2D eigenvalue weighted by Gasteiger charge is -2.32. The molecule has 0 bridgehead atoms. The third-order valence-electron chi connectivity index (χ3n) is 3.63. The molecule has 1 aromatic carbocycles. The Bertz CT molecular complexity index is 544. The molecule has 0 spiro atoms. The molecule has 0 fully saturated rings. The molecule has 1 aromatic rings. The van der Waals surface area contributed by atoms with Gasteiger partial charge in [-0.2, -0.15) is 0 Å². The van der Waals surface area contributed by atoms with E-state index in [1.165, 1.54) is 0 Å². The number of hydrogen-bond donors (Lipinski definition) is 1. The third-order valence-corrected chi connectivity index (χ3v) is 3.63. The van der Waals surface area contributed by atoms with Gasteiger partial charge in [-0.15, -0.1) is 0 Å². The third kappa shape index (κ3) is 6.55. The van der Waals surface area contributed by atoms with Gasteiger partial charge in [0, 0.05) is 5.57 Å². The van der Waals surface area contributed by atoms with Gasteiger partial charge >= 0.3 is 5.97 Å². The van der Waals surface area contributed by atoms with Crippen LogP contribution in [0.1, 0.15) is 53.5 Å². The maximum atomic E-state index is 10.9. The molecule has 1 rings (SSSR count). The van der Waals surface area contributed by atoms with Crippen LogP contribution in [-0.4, -0.2) is 16.7 Å². The molecule has 1 unspecified atom stereocenters. The van der Waals surface area contributed by atoms with Gasteiger partial charge in [-0.25, -0.2) is 14.6 Å². The minimum absolute atomic E-state index is 0.0736. The Labute approximate surface area is 139 Å². The predicted molar refractivity (Wildman–Crippen MR) is 90.9 cm³/mol. The molecule has 1 atom stereocenters. The SMILES string of the molecule is CC(=CC(C)CC(C)(C)OOC(C)(C)c1ccccc1)C(=O)O. The Balaban J connectivity index is 2.65. The summed E-state index contributed by atoms with van der Waals surface area (Å²) in [5.74, 6) is -0.818. The van der Waals surface area contributed by atoms with Crippen LogP contribution in [0.4, 0.5) is 0 Å². The Hall–Kier alpha value is -1.65. The second-order valence-corrected chi connectivity index (χ2v) is 7.14. The van der Waals surface area contributed by atoms with Gasteiger partial charge in [-0.3, -0.25) is 0 Å². The molecule has 0 heterocycles. The van der Waals surface area contributed by atoms with Gasteiger partial charge in [-0.1, -0.05) is 43.3 Å². The standard InChI is InChI=1S/C19H28O4/c1-14(12-15(2)17(20)21)13-18(3,4)22-23-19(5,6)16-10-8-7-9-11-16/h7-12,14H,13H2,1-6H3,(H,20,21). The Morgan fingerprint density at radius 2 is 1.74 bits per heavy atom. The highest BCUT2D eigenvalue weighted by atomic mass is 17.2. The summed E-state index contributed by atoms with van der Waals surface area (Å²) < 4.78 is 0. The second kappa shape index (κ2) is 7.75. The zero-order chi connectivity index (χ0) is 17.7.